The molecule has 0 spiro atoms. The second kappa shape index (κ2) is 8.64. The van der Waals surface area contributed by atoms with E-state index in [1.165, 1.54) is 23.1 Å². The average Bonchev–Trinajstić information content (AvgIpc) is 3.07. The maximum Gasteiger partial charge on any atom is 0.316 e. The van der Waals surface area contributed by atoms with Crippen molar-refractivity contribution in [2.24, 2.45) is 0 Å². The lowest BCUT2D eigenvalue weighted by Gasteiger charge is -2.06. The van der Waals surface area contributed by atoms with Gasteiger partial charge in [-0.25, -0.2) is 4.98 Å². The molecule has 2 aromatic carbocycles. The molecule has 0 aliphatic carbocycles. The fourth-order valence-electron chi connectivity index (χ4n) is 2.07. The van der Waals surface area contributed by atoms with E-state index in [1.807, 2.05) is 54.6 Å². The largest absolute Gasteiger partial charge is 0.455 e. The van der Waals surface area contributed by atoms with Gasteiger partial charge in [0.2, 0.25) is 0 Å². The molecule has 0 bridgehead atoms. The van der Waals surface area contributed by atoms with Gasteiger partial charge in [0.25, 0.3) is 5.91 Å². The standard InChI is InChI=1S/C18H16N2O3S2/c21-16(19-10-13-6-2-1-3-7-13)11-23-17(22)12-24-18-20-14-8-4-5-9-15(14)25-18/h1-9H,10-12H2,(H,19,21). The van der Waals surface area contributed by atoms with Gasteiger partial charge in [-0.05, 0) is 17.7 Å². The normalized spacial score (nSPS) is 10.6. The van der Waals surface area contributed by atoms with Crippen LogP contribution in [0.3, 0.4) is 0 Å². The zero-order chi connectivity index (χ0) is 17.5. The lowest BCUT2D eigenvalue weighted by Crippen LogP contribution is -2.28. The minimum absolute atomic E-state index is 0.131. The number of carbonyl (C=O) groups is 2. The summed E-state index contributed by atoms with van der Waals surface area (Å²) in [6, 6.07) is 17.4. The van der Waals surface area contributed by atoms with Crippen LogP contribution >= 0.6 is 23.1 Å². The van der Waals surface area contributed by atoms with Crippen LogP contribution < -0.4 is 5.32 Å². The number of benzene rings is 2. The Kier molecular flexibility index (Phi) is 6.03. The zero-order valence-corrected chi connectivity index (χ0v) is 14.9. The van der Waals surface area contributed by atoms with Gasteiger partial charge in [0.05, 0.1) is 16.0 Å². The molecule has 3 aromatic rings. The molecule has 25 heavy (non-hydrogen) atoms. The molecular formula is C18H16N2O3S2. The number of carbonyl (C=O) groups excluding carboxylic acids is 2. The number of rotatable bonds is 7. The summed E-state index contributed by atoms with van der Waals surface area (Å²) in [6.07, 6.45) is 0. The quantitative estimate of drug-likeness (QED) is 0.509. The molecular weight excluding hydrogens is 356 g/mol. The lowest BCUT2D eigenvalue weighted by atomic mass is 10.2. The summed E-state index contributed by atoms with van der Waals surface area (Å²) >= 11 is 2.85. The molecule has 5 nitrogen and oxygen atoms in total. The van der Waals surface area contributed by atoms with Crippen molar-refractivity contribution in [3.05, 3.63) is 60.2 Å². The molecule has 128 valence electrons. The summed E-state index contributed by atoms with van der Waals surface area (Å²) in [7, 11) is 0. The van der Waals surface area contributed by atoms with Crippen LogP contribution in [0.5, 0.6) is 0 Å². The third-order valence-corrected chi connectivity index (χ3v) is 5.44. The number of hydrogen-bond donors (Lipinski definition) is 1. The number of hydrogen-bond acceptors (Lipinski definition) is 6. The smallest absolute Gasteiger partial charge is 0.316 e. The molecule has 3 rings (SSSR count). The van der Waals surface area contributed by atoms with E-state index in [0.717, 1.165) is 20.1 Å². The molecule has 0 unspecified atom stereocenters. The topological polar surface area (TPSA) is 68.3 Å². The molecule has 0 aliphatic rings. The van der Waals surface area contributed by atoms with Crippen LogP contribution in [0.15, 0.2) is 58.9 Å². The molecule has 0 saturated carbocycles. The molecule has 0 aliphatic heterocycles. The molecule has 0 radical (unpaired) electrons. The number of fused-ring (bicyclic) bond motifs is 1. The van der Waals surface area contributed by atoms with Gasteiger partial charge < -0.3 is 10.1 Å². The van der Waals surface area contributed by atoms with E-state index in [4.69, 9.17) is 4.74 Å². The molecule has 0 saturated heterocycles. The Balaban J connectivity index is 1.38. The van der Waals surface area contributed by atoms with Crippen molar-refractivity contribution in [3.8, 4) is 0 Å². The fraction of sp³-hybridized carbons (Fsp3) is 0.167. The average molecular weight is 372 g/mol. The third kappa shape index (κ3) is 5.30. The van der Waals surface area contributed by atoms with Crippen molar-refractivity contribution < 1.29 is 14.3 Å². The summed E-state index contributed by atoms with van der Waals surface area (Å²) < 4.78 is 6.89. The number of esters is 1. The Bertz CT molecular complexity index is 832. The number of para-hydroxylation sites is 1. The maximum atomic E-state index is 11.8. The number of thiazole rings is 1. The molecule has 0 atom stereocenters. The summed E-state index contributed by atoms with van der Waals surface area (Å²) in [4.78, 5) is 27.9. The highest BCUT2D eigenvalue weighted by molar-refractivity contribution is 8.01. The van der Waals surface area contributed by atoms with Gasteiger partial charge in [0.1, 0.15) is 0 Å². The Morgan fingerprint density at radius 3 is 2.64 bits per heavy atom. The first kappa shape index (κ1) is 17.4. The first-order chi connectivity index (χ1) is 12.2. The second-order valence-electron chi connectivity index (χ2n) is 5.16. The summed E-state index contributed by atoms with van der Waals surface area (Å²) in [6.45, 7) is 0.143. The van der Waals surface area contributed by atoms with Crippen molar-refractivity contribution in [2.75, 3.05) is 12.4 Å². The van der Waals surface area contributed by atoms with Crippen LogP contribution in [0.1, 0.15) is 5.56 Å². The fourth-order valence-corrected chi connectivity index (χ4v) is 3.94. The molecule has 0 fully saturated rings. The Hall–Kier alpha value is -2.38. The van der Waals surface area contributed by atoms with Crippen LogP contribution in [-0.2, 0) is 20.9 Å². The van der Waals surface area contributed by atoms with Gasteiger partial charge in [0, 0.05) is 6.54 Å². The van der Waals surface area contributed by atoms with Crippen LogP contribution in [0.2, 0.25) is 0 Å². The van der Waals surface area contributed by atoms with Gasteiger partial charge in [0.15, 0.2) is 10.9 Å². The van der Waals surface area contributed by atoms with E-state index < -0.39 is 5.97 Å². The number of amides is 1. The molecule has 1 heterocycles. The van der Waals surface area contributed by atoms with E-state index >= 15 is 0 Å². The van der Waals surface area contributed by atoms with E-state index in [1.54, 1.807) is 0 Å². The van der Waals surface area contributed by atoms with Crippen molar-refractivity contribution in [1.82, 2.24) is 10.3 Å². The predicted octanol–water partition coefficient (Wildman–Crippen LogP) is 3.25. The number of nitrogens with one attached hydrogen (secondary N) is 1. The Morgan fingerprint density at radius 2 is 1.84 bits per heavy atom. The van der Waals surface area contributed by atoms with E-state index in [9.17, 15) is 9.59 Å². The summed E-state index contributed by atoms with van der Waals surface area (Å²) in [5.41, 5.74) is 1.91. The summed E-state index contributed by atoms with van der Waals surface area (Å²) in [5, 5.41) is 2.71. The van der Waals surface area contributed by atoms with Crippen LogP contribution in [0.25, 0.3) is 10.2 Å². The van der Waals surface area contributed by atoms with Crippen LogP contribution in [0.4, 0.5) is 0 Å². The van der Waals surface area contributed by atoms with Crippen LogP contribution in [-0.4, -0.2) is 29.2 Å². The highest BCUT2D eigenvalue weighted by atomic mass is 32.2. The number of aromatic nitrogens is 1. The number of thioether (sulfide) groups is 1. The molecule has 1 N–H and O–H groups in total. The molecule has 7 heteroatoms. The first-order valence-corrected chi connectivity index (χ1v) is 9.45. The SMILES string of the molecule is O=C(COC(=O)CSc1nc2ccccc2s1)NCc1ccccc1. The Morgan fingerprint density at radius 1 is 1.08 bits per heavy atom. The molecule has 1 aromatic heterocycles. The lowest BCUT2D eigenvalue weighted by molar-refractivity contribution is -0.145. The van der Waals surface area contributed by atoms with E-state index in [0.29, 0.717) is 6.54 Å². The monoisotopic (exact) mass is 372 g/mol. The van der Waals surface area contributed by atoms with Gasteiger partial charge in [-0.2, -0.15) is 0 Å². The van der Waals surface area contributed by atoms with Gasteiger partial charge in [-0.15, -0.1) is 11.3 Å². The van der Waals surface area contributed by atoms with Gasteiger partial charge in [-0.1, -0.05) is 54.2 Å². The minimum atomic E-state index is -0.431. The number of ether oxygens (including phenoxy) is 1. The minimum Gasteiger partial charge on any atom is -0.455 e. The van der Waals surface area contributed by atoms with Gasteiger partial charge in [-0.3, -0.25) is 9.59 Å². The van der Waals surface area contributed by atoms with Crippen molar-refractivity contribution >= 4 is 45.2 Å². The second-order valence-corrected chi connectivity index (χ2v) is 7.41. The maximum absolute atomic E-state index is 11.8. The zero-order valence-electron chi connectivity index (χ0n) is 13.3. The predicted molar refractivity (Wildman–Crippen MR) is 99.6 cm³/mol. The molecule has 1 amide bonds. The van der Waals surface area contributed by atoms with Gasteiger partial charge >= 0.3 is 5.97 Å². The highest BCUT2D eigenvalue weighted by Crippen LogP contribution is 2.29. The Labute approximate surface area is 153 Å². The van der Waals surface area contributed by atoms with Crippen molar-refractivity contribution in [1.29, 1.82) is 0 Å². The van der Waals surface area contributed by atoms with E-state index in [-0.39, 0.29) is 18.3 Å². The van der Waals surface area contributed by atoms with Crippen molar-refractivity contribution in [2.45, 2.75) is 10.9 Å². The third-order valence-electron chi connectivity index (χ3n) is 3.28. The highest BCUT2D eigenvalue weighted by Gasteiger charge is 2.10. The summed E-state index contributed by atoms with van der Waals surface area (Å²) in [5.74, 6) is -0.618. The van der Waals surface area contributed by atoms with Crippen molar-refractivity contribution in [3.63, 3.8) is 0 Å². The number of nitrogens with zero attached hydrogens (tertiary/aromatic N) is 1. The van der Waals surface area contributed by atoms with Crippen LogP contribution in [0, 0.1) is 0 Å². The van der Waals surface area contributed by atoms with E-state index in [2.05, 4.69) is 10.3 Å². The first-order valence-electron chi connectivity index (χ1n) is 7.65.